The highest BCUT2D eigenvalue weighted by atomic mass is 32.1. The highest BCUT2D eigenvalue weighted by molar-refractivity contribution is 7.25. The molecule has 3 heterocycles. The maximum absolute atomic E-state index is 13.2. The van der Waals surface area contributed by atoms with E-state index in [4.69, 9.17) is 0 Å². The number of hydrogen-bond acceptors (Lipinski definition) is 5. The SMILES string of the molecule is CCN(C(=O)[C@@H](C)n1cnc2c(sc3ncccc32)c1=O)c1cccc(C)c1. The number of aromatic nitrogens is 3. The lowest BCUT2D eigenvalue weighted by molar-refractivity contribution is -0.121. The van der Waals surface area contributed by atoms with Crippen LogP contribution >= 0.6 is 11.3 Å². The minimum atomic E-state index is -0.664. The van der Waals surface area contributed by atoms with E-state index in [9.17, 15) is 9.59 Å². The zero-order chi connectivity index (χ0) is 19.8. The van der Waals surface area contributed by atoms with Crippen molar-refractivity contribution >= 4 is 43.4 Å². The summed E-state index contributed by atoms with van der Waals surface area (Å²) in [7, 11) is 0. The largest absolute Gasteiger partial charge is 0.311 e. The van der Waals surface area contributed by atoms with E-state index in [1.807, 2.05) is 50.2 Å². The Labute approximate surface area is 166 Å². The second-order valence-electron chi connectivity index (χ2n) is 6.69. The molecule has 1 atom stereocenters. The van der Waals surface area contributed by atoms with E-state index < -0.39 is 6.04 Å². The second kappa shape index (κ2) is 7.16. The number of thiophene rings is 1. The summed E-state index contributed by atoms with van der Waals surface area (Å²) in [6.07, 6.45) is 3.17. The summed E-state index contributed by atoms with van der Waals surface area (Å²) in [6.45, 7) is 6.17. The van der Waals surface area contributed by atoms with Crippen LogP contribution in [0.15, 0.2) is 53.7 Å². The van der Waals surface area contributed by atoms with E-state index in [0.29, 0.717) is 16.8 Å². The van der Waals surface area contributed by atoms with Crippen LogP contribution in [0.3, 0.4) is 0 Å². The average Bonchev–Trinajstić information content (AvgIpc) is 3.08. The van der Waals surface area contributed by atoms with Crippen molar-refractivity contribution in [3.63, 3.8) is 0 Å². The first-order valence-electron chi connectivity index (χ1n) is 9.13. The lowest BCUT2D eigenvalue weighted by atomic mass is 10.2. The number of fused-ring (bicyclic) bond motifs is 3. The molecule has 0 aliphatic heterocycles. The second-order valence-corrected chi connectivity index (χ2v) is 7.69. The quantitative estimate of drug-likeness (QED) is 0.528. The fraction of sp³-hybridized carbons (Fsp3) is 0.238. The van der Waals surface area contributed by atoms with Crippen LogP contribution in [0.25, 0.3) is 20.4 Å². The van der Waals surface area contributed by atoms with E-state index in [1.54, 1.807) is 18.0 Å². The summed E-state index contributed by atoms with van der Waals surface area (Å²) in [5.74, 6) is -0.143. The number of pyridine rings is 1. The van der Waals surface area contributed by atoms with Gasteiger partial charge in [0.1, 0.15) is 15.6 Å². The molecule has 0 fully saturated rings. The number of benzene rings is 1. The van der Waals surface area contributed by atoms with Crippen LogP contribution in [0.4, 0.5) is 5.69 Å². The van der Waals surface area contributed by atoms with Crippen LogP contribution in [0.2, 0.25) is 0 Å². The van der Waals surface area contributed by atoms with Crippen LogP contribution in [0.5, 0.6) is 0 Å². The Hall–Kier alpha value is -3.06. The molecule has 0 radical (unpaired) electrons. The topological polar surface area (TPSA) is 68.1 Å². The van der Waals surface area contributed by atoms with Crippen LogP contribution in [0.1, 0.15) is 25.5 Å². The zero-order valence-electron chi connectivity index (χ0n) is 15.9. The maximum atomic E-state index is 13.2. The van der Waals surface area contributed by atoms with Crippen molar-refractivity contribution < 1.29 is 4.79 Å². The number of amides is 1. The molecular formula is C21H20N4O2S. The Morgan fingerprint density at radius 1 is 1.25 bits per heavy atom. The van der Waals surface area contributed by atoms with Gasteiger partial charge in [0.25, 0.3) is 5.56 Å². The van der Waals surface area contributed by atoms with Gasteiger partial charge in [0.2, 0.25) is 5.91 Å². The molecule has 0 N–H and O–H groups in total. The number of nitrogens with zero attached hydrogens (tertiary/aromatic N) is 4. The molecule has 4 aromatic rings. The first-order chi connectivity index (χ1) is 13.5. The van der Waals surface area contributed by atoms with Crippen molar-refractivity contribution in [3.8, 4) is 0 Å². The third-order valence-corrected chi connectivity index (χ3v) is 5.94. The van der Waals surface area contributed by atoms with Crippen molar-refractivity contribution in [2.24, 2.45) is 0 Å². The van der Waals surface area contributed by atoms with E-state index in [-0.39, 0.29) is 11.5 Å². The molecule has 1 amide bonds. The van der Waals surface area contributed by atoms with Gasteiger partial charge >= 0.3 is 0 Å². The van der Waals surface area contributed by atoms with Gasteiger partial charge in [-0.3, -0.25) is 14.2 Å². The lowest BCUT2D eigenvalue weighted by Gasteiger charge is -2.25. The Morgan fingerprint density at radius 2 is 2.07 bits per heavy atom. The standard InChI is InChI=1S/C21H20N4O2S/c1-4-24(15-8-5-7-13(2)11-15)20(26)14(3)25-12-23-17-16-9-6-10-22-19(16)28-18(17)21(25)27/h5-12,14H,4H2,1-3H3/t14-/m1/s1. The molecule has 6 nitrogen and oxygen atoms in total. The Kier molecular flexibility index (Phi) is 4.68. The monoisotopic (exact) mass is 392 g/mol. The zero-order valence-corrected chi connectivity index (χ0v) is 16.7. The highest BCUT2D eigenvalue weighted by Crippen LogP contribution is 2.28. The van der Waals surface area contributed by atoms with E-state index >= 15 is 0 Å². The van der Waals surface area contributed by atoms with Crippen molar-refractivity contribution in [2.75, 3.05) is 11.4 Å². The summed E-state index contributed by atoms with van der Waals surface area (Å²) in [5, 5.41) is 0.862. The molecule has 0 unspecified atom stereocenters. The predicted molar refractivity (Wildman–Crippen MR) is 113 cm³/mol. The number of aryl methyl sites for hydroxylation is 1. The van der Waals surface area contributed by atoms with Gasteiger partial charge in [-0.25, -0.2) is 9.97 Å². The number of anilines is 1. The summed E-state index contributed by atoms with van der Waals surface area (Å²) in [5.41, 5.74) is 2.33. The summed E-state index contributed by atoms with van der Waals surface area (Å²) in [4.78, 5) is 37.5. The molecule has 28 heavy (non-hydrogen) atoms. The molecule has 1 aromatic carbocycles. The van der Waals surface area contributed by atoms with Gasteiger partial charge in [0, 0.05) is 23.8 Å². The number of hydrogen-bond donors (Lipinski definition) is 0. The molecule has 0 saturated heterocycles. The van der Waals surface area contributed by atoms with E-state index in [0.717, 1.165) is 21.5 Å². The van der Waals surface area contributed by atoms with Gasteiger partial charge in [0.05, 0.1) is 11.8 Å². The van der Waals surface area contributed by atoms with Crippen LogP contribution in [-0.4, -0.2) is 27.0 Å². The van der Waals surface area contributed by atoms with Crippen molar-refractivity contribution in [2.45, 2.75) is 26.8 Å². The Morgan fingerprint density at radius 3 is 2.82 bits per heavy atom. The van der Waals surface area contributed by atoms with Crippen molar-refractivity contribution in [1.82, 2.24) is 14.5 Å². The van der Waals surface area contributed by atoms with Gasteiger partial charge in [-0.2, -0.15) is 0 Å². The van der Waals surface area contributed by atoms with Gasteiger partial charge in [-0.15, -0.1) is 11.3 Å². The van der Waals surface area contributed by atoms with Gasteiger partial charge in [0.15, 0.2) is 0 Å². The predicted octanol–water partition coefficient (Wildman–Crippen LogP) is 3.93. The summed E-state index contributed by atoms with van der Waals surface area (Å²) in [6, 6.07) is 10.9. The normalized spacial score (nSPS) is 12.4. The Bertz CT molecular complexity index is 1240. The highest BCUT2D eigenvalue weighted by Gasteiger charge is 2.24. The number of rotatable bonds is 4. The smallest absolute Gasteiger partial charge is 0.272 e. The minimum absolute atomic E-state index is 0.143. The van der Waals surface area contributed by atoms with Crippen LogP contribution in [-0.2, 0) is 4.79 Å². The first-order valence-corrected chi connectivity index (χ1v) is 9.95. The molecule has 3 aromatic heterocycles. The van der Waals surface area contributed by atoms with Crippen molar-refractivity contribution in [1.29, 1.82) is 0 Å². The van der Waals surface area contributed by atoms with Crippen molar-refractivity contribution in [3.05, 3.63) is 64.8 Å². The Balaban J connectivity index is 1.76. The van der Waals surface area contributed by atoms with E-state index in [1.165, 1.54) is 22.2 Å². The van der Waals surface area contributed by atoms with Gasteiger partial charge in [-0.05, 0) is 50.6 Å². The maximum Gasteiger partial charge on any atom is 0.272 e. The van der Waals surface area contributed by atoms with Gasteiger partial charge < -0.3 is 4.90 Å². The molecule has 142 valence electrons. The third-order valence-electron chi connectivity index (χ3n) is 4.85. The number of carbonyl (C=O) groups excluding carboxylic acids is 1. The molecule has 4 rings (SSSR count). The molecule has 0 aliphatic carbocycles. The molecule has 0 saturated carbocycles. The summed E-state index contributed by atoms with van der Waals surface area (Å²) >= 11 is 1.31. The number of carbonyl (C=O) groups is 1. The lowest BCUT2D eigenvalue weighted by Crippen LogP contribution is -2.39. The van der Waals surface area contributed by atoms with Gasteiger partial charge in [-0.1, -0.05) is 12.1 Å². The fourth-order valence-electron chi connectivity index (χ4n) is 3.36. The van der Waals surface area contributed by atoms with Crippen LogP contribution < -0.4 is 10.5 Å². The molecular weight excluding hydrogens is 372 g/mol. The fourth-order valence-corrected chi connectivity index (χ4v) is 4.40. The average molecular weight is 392 g/mol. The third kappa shape index (κ3) is 2.97. The molecule has 7 heteroatoms. The molecule has 0 spiro atoms. The molecule has 0 aliphatic rings. The minimum Gasteiger partial charge on any atom is -0.311 e. The van der Waals surface area contributed by atoms with Crippen LogP contribution in [0, 0.1) is 6.92 Å². The molecule has 0 bridgehead atoms. The number of likely N-dealkylation sites (N-methyl/N-ethyl adjacent to an activating group) is 1. The summed E-state index contributed by atoms with van der Waals surface area (Å²) < 4.78 is 1.94. The van der Waals surface area contributed by atoms with E-state index in [2.05, 4.69) is 9.97 Å². The first kappa shape index (κ1) is 18.3.